The van der Waals surface area contributed by atoms with Gasteiger partial charge in [0, 0.05) is 37.9 Å². The fourth-order valence-electron chi connectivity index (χ4n) is 2.38. The maximum absolute atomic E-state index is 4.11. The van der Waals surface area contributed by atoms with Crippen molar-refractivity contribution >= 4 is 0 Å². The van der Waals surface area contributed by atoms with E-state index in [1.54, 1.807) is 0 Å². The van der Waals surface area contributed by atoms with E-state index in [-0.39, 0.29) is 0 Å². The van der Waals surface area contributed by atoms with Crippen molar-refractivity contribution < 1.29 is 0 Å². The molecule has 1 aromatic carbocycles. The molecule has 0 fully saturated rings. The monoisotopic (exact) mass is 266 g/mol. The Balaban J connectivity index is 1.95. The van der Waals surface area contributed by atoms with E-state index in [1.807, 2.05) is 37.4 Å². The molecular weight excluding hydrogens is 248 g/mol. The van der Waals surface area contributed by atoms with E-state index < -0.39 is 0 Å². The van der Waals surface area contributed by atoms with Gasteiger partial charge in [-0.15, -0.1) is 0 Å². The molecular formula is C16H18N4. The SMILES string of the molecule is Cc1cc(Cn2ccnc2)c(Cn2ccnc2)cc1C. The third kappa shape index (κ3) is 2.64. The molecule has 0 amide bonds. The van der Waals surface area contributed by atoms with Crippen molar-refractivity contribution in [2.24, 2.45) is 0 Å². The van der Waals surface area contributed by atoms with Crippen LogP contribution in [0.4, 0.5) is 0 Å². The normalized spacial score (nSPS) is 10.9. The summed E-state index contributed by atoms with van der Waals surface area (Å²) in [7, 11) is 0. The lowest BCUT2D eigenvalue weighted by Gasteiger charge is -2.14. The minimum atomic E-state index is 0.852. The van der Waals surface area contributed by atoms with Gasteiger partial charge in [-0.1, -0.05) is 12.1 Å². The zero-order valence-electron chi connectivity index (χ0n) is 11.8. The number of aromatic nitrogens is 4. The summed E-state index contributed by atoms with van der Waals surface area (Å²) in [5, 5.41) is 0. The largest absolute Gasteiger partial charge is 0.333 e. The third-order valence-corrected chi connectivity index (χ3v) is 3.64. The quantitative estimate of drug-likeness (QED) is 0.728. The first-order chi connectivity index (χ1) is 9.72. The Bertz CT molecular complexity index is 620. The van der Waals surface area contributed by atoms with Crippen LogP contribution in [-0.2, 0) is 13.1 Å². The molecule has 3 rings (SSSR count). The van der Waals surface area contributed by atoms with E-state index >= 15 is 0 Å². The van der Waals surface area contributed by atoms with E-state index in [9.17, 15) is 0 Å². The van der Waals surface area contributed by atoms with Gasteiger partial charge in [0.25, 0.3) is 0 Å². The van der Waals surface area contributed by atoms with Crippen LogP contribution < -0.4 is 0 Å². The average molecular weight is 266 g/mol. The van der Waals surface area contributed by atoms with Crippen LogP contribution in [-0.4, -0.2) is 19.1 Å². The van der Waals surface area contributed by atoms with Crippen molar-refractivity contribution in [1.29, 1.82) is 0 Å². The molecule has 102 valence electrons. The number of rotatable bonds is 4. The van der Waals surface area contributed by atoms with E-state index in [4.69, 9.17) is 0 Å². The molecule has 0 spiro atoms. The fraction of sp³-hybridized carbons (Fsp3) is 0.250. The highest BCUT2D eigenvalue weighted by Gasteiger charge is 2.07. The van der Waals surface area contributed by atoms with Gasteiger partial charge in [-0.25, -0.2) is 9.97 Å². The van der Waals surface area contributed by atoms with E-state index in [0.29, 0.717) is 0 Å². The van der Waals surface area contributed by atoms with Crippen LogP contribution in [0.1, 0.15) is 22.3 Å². The number of aryl methyl sites for hydroxylation is 2. The lowest BCUT2D eigenvalue weighted by atomic mass is 9.99. The second-order valence-electron chi connectivity index (χ2n) is 5.18. The maximum Gasteiger partial charge on any atom is 0.0949 e. The second-order valence-corrected chi connectivity index (χ2v) is 5.18. The molecule has 2 aromatic heterocycles. The Morgan fingerprint density at radius 2 is 1.25 bits per heavy atom. The average Bonchev–Trinajstić information content (AvgIpc) is 3.08. The van der Waals surface area contributed by atoms with Gasteiger partial charge in [0.15, 0.2) is 0 Å². The predicted molar refractivity (Wildman–Crippen MR) is 78.6 cm³/mol. The molecule has 0 atom stereocenters. The molecule has 0 saturated heterocycles. The van der Waals surface area contributed by atoms with Crippen molar-refractivity contribution in [3.63, 3.8) is 0 Å². The van der Waals surface area contributed by atoms with Crippen molar-refractivity contribution in [1.82, 2.24) is 19.1 Å². The van der Waals surface area contributed by atoms with Gasteiger partial charge in [-0.3, -0.25) is 0 Å². The van der Waals surface area contributed by atoms with Gasteiger partial charge in [0.2, 0.25) is 0 Å². The first kappa shape index (κ1) is 12.7. The molecule has 4 heteroatoms. The van der Waals surface area contributed by atoms with Gasteiger partial charge >= 0.3 is 0 Å². The number of nitrogens with zero attached hydrogens (tertiary/aromatic N) is 4. The van der Waals surface area contributed by atoms with Crippen LogP contribution >= 0.6 is 0 Å². The van der Waals surface area contributed by atoms with Gasteiger partial charge in [-0.05, 0) is 36.1 Å². The van der Waals surface area contributed by atoms with Gasteiger partial charge in [0.05, 0.1) is 12.7 Å². The Kier molecular flexibility index (Phi) is 3.37. The summed E-state index contributed by atoms with van der Waals surface area (Å²) in [5.74, 6) is 0. The van der Waals surface area contributed by atoms with Gasteiger partial charge in [0.1, 0.15) is 0 Å². The number of imidazole rings is 2. The van der Waals surface area contributed by atoms with Crippen LogP contribution in [0.25, 0.3) is 0 Å². The molecule has 20 heavy (non-hydrogen) atoms. The van der Waals surface area contributed by atoms with Crippen LogP contribution in [0.2, 0.25) is 0 Å². The molecule has 0 bridgehead atoms. The number of benzene rings is 1. The van der Waals surface area contributed by atoms with Crippen LogP contribution in [0, 0.1) is 13.8 Å². The highest BCUT2D eigenvalue weighted by molar-refractivity contribution is 5.37. The van der Waals surface area contributed by atoms with E-state index in [1.165, 1.54) is 22.3 Å². The first-order valence-corrected chi connectivity index (χ1v) is 6.73. The Labute approximate surface area is 118 Å². The third-order valence-electron chi connectivity index (χ3n) is 3.64. The van der Waals surface area contributed by atoms with Crippen LogP contribution in [0.5, 0.6) is 0 Å². The lowest BCUT2D eigenvalue weighted by molar-refractivity contribution is 0.747. The predicted octanol–water partition coefficient (Wildman–Crippen LogP) is 2.79. The fourth-order valence-corrected chi connectivity index (χ4v) is 2.38. The number of hydrogen-bond acceptors (Lipinski definition) is 2. The molecule has 3 aromatic rings. The summed E-state index contributed by atoms with van der Waals surface area (Å²) in [6.45, 7) is 6.03. The highest BCUT2D eigenvalue weighted by atomic mass is 15.0. The maximum atomic E-state index is 4.11. The van der Waals surface area contributed by atoms with Crippen molar-refractivity contribution in [2.75, 3.05) is 0 Å². The Morgan fingerprint density at radius 3 is 1.60 bits per heavy atom. The number of hydrogen-bond donors (Lipinski definition) is 0. The molecule has 0 saturated carbocycles. The van der Waals surface area contributed by atoms with Gasteiger partial charge < -0.3 is 9.13 Å². The van der Waals surface area contributed by atoms with Crippen LogP contribution in [0.15, 0.2) is 49.6 Å². The molecule has 0 aliphatic rings. The van der Waals surface area contributed by atoms with E-state index in [0.717, 1.165) is 13.1 Å². The Hall–Kier alpha value is -2.36. The van der Waals surface area contributed by atoms with Crippen LogP contribution in [0.3, 0.4) is 0 Å². The van der Waals surface area contributed by atoms with E-state index in [2.05, 4.69) is 45.1 Å². The molecule has 0 radical (unpaired) electrons. The minimum absolute atomic E-state index is 0.852. The zero-order valence-corrected chi connectivity index (χ0v) is 11.8. The zero-order chi connectivity index (χ0) is 13.9. The van der Waals surface area contributed by atoms with Crippen molar-refractivity contribution in [3.05, 3.63) is 71.8 Å². The summed E-state index contributed by atoms with van der Waals surface area (Å²) < 4.78 is 4.20. The molecule has 0 unspecified atom stereocenters. The summed E-state index contributed by atoms with van der Waals surface area (Å²) in [5.41, 5.74) is 5.32. The summed E-state index contributed by atoms with van der Waals surface area (Å²) >= 11 is 0. The first-order valence-electron chi connectivity index (χ1n) is 6.73. The Morgan fingerprint density at radius 1 is 0.800 bits per heavy atom. The van der Waals surface area contributed by atoms with Gasteiger partial charge in [-0.2, -0.15) is 0 Å². The van der Waals surface area contributed by atoms with Crippen molar-refractivity contribution in [3.8, 4) is 0 Å². The standard InChI is InChI=1S/C16H18N4/c1-13-7-15(9-19-5-3-17-11-19)16(8-14(13)2)10-20-6-4-18-12-20/h3-8,11-12H,9-10H2,1-2H3. The second kappa shape index (κ2) is 5.33. The summed E-state index contributed by atoms with van der Waals surface area (Å²) in [4.78, 5) is 8.22. The molecule has 0 aliphatic carbocycles. The molecule has 4 nitrogen and oxygen atoms in total. The van der Waals surface area contributed by atoms with Crippen molar-refractivity contribution in [2.45, 2.75) is 26.9 Å². The lowest BCUT2D eigenvalue weighted by Crippen LogP contribution is -2.06. The highest BCUT2D eigenvalue weighted by Crippen LogP contribution is 2.18. The molecule has 2 heterocycles. The topological polar surface area (TPSA) is 35.6 Å². The minimum Gasteiger partial charge on any atom is -0.333 e. The summed E-state index contributed by atoms with van der Waals surface area (Å²) in [6, 6.07) is 4.56. The molecule has 0 N–H and O–H groups in total. The summed E-state index contributed by atoms with van der Waals surface area (Å²) in [6.07, 6.45) is 11.3. The smallest absolute Gasteiger partial charge is 0.0949 e. The molecule has 0 aliphatic heterocycles.